The Morgan fingerprint density at radius 3 is 2.36 bits per heavy atom. The number of nitriles is 1. The lowest BCUT2D eigenvalue weighted by atomic mass is 10.1. The van der Waals surface area contributed by atoms with Crippen molar-refractivity contribution in [1.29, 1.82) is 5.26 Å². The molecule has 0 N–H and O–H groups in total. The van der Waals surface area contributed by atoms with Crippen LogP contribution in [0, 0.1) is 25.2 Å². The highest BCUT2D eigenvalue weighted by Crippen LogP contribution is 2.20. The second-order valence-corrected chi connectivity index (χ2v) is 5.55. The fraction of sp³-hybridized carbons (Fsp3) is 0.471. The van der Waals surface area contributed by atoms with Gasteiger partial charge < -0.3 is 4.90 Å². The van der Waals surface area contributed by atoms with Gasteiger partial charge >= 0.3 is 0 Å². The molecule has 116 valence electrons. The minimum atomic E-state index is 0.391. The Morgan fingerprint density at radius 2 is 1.82 bits per heavy atom. The Balaban J connectivity index is 2.45. The number of aromatic nitrogens is 3. The minimum Gasteiger partial charge on any atom is -0.353 e. The number of anilines is 1. The molecule has 0 aliphatic heterocycles. The van der Waals surface area contributed by atoms with Gasteiger partial charge in [-0.1, -0.05) is 31.5 Å². The summed E-state index contributed by atoms with van der Waals surface area (Å²) in [6.07, 6.45) is 2.03. The molecule has 0 saturated carbocycles. The van der Waals surface area contributed by atoms with Crippen LogP contribution in [0.15, 0.2) is 18.2 Å². The molecule has 1 aromatic heterocycles. The number of rotatable bonds is 6. The molecular formula is C17H23N5. The van der Waals surface area contributed by atoms with E-state index in [1.807, 2.05) is 19.1 Å². The summed E-state index contributed by atoms with van der Waals surface area (Å²) < 4.78 is 0. The van der Waals surface area contributed by atoms with Crippen molar-refractivity contribution in [3.63, 3.8) is 0 Å². The molecule has 0 unspecified atom stereocenters. The summed E-state index contributed by atoms with van der Waals surface area (Å²) in [5.74, 6) is 0.686. The second-order valence-electron chi connectivity index (χ2n) is 5.55. The Morgan fingerprint density at radius 1 is 1.14 bits per heavy atom. The van der Waals surface area contributed by atoms with E-state index in [2.05, 4.69) is 48.0 Å². The lowest BCUT2D eigenvalue weighted by Gasteiger charge is -2.20. The first-order valence-electron chi connectivity index (χ1n) is 7.80. The monoisotopic (exact) mass is 297 g/mol. The van der Waals surface area contributed by atoms with Gasteiger partial charge in [-0.3, -0.25) is 0 Å². The largest absolute Gasteiger partial charge is 0.353 e. The van der Waals surface area contributed by atoms with Crippen molar-refractivity contribution >= 4 is 5.82 Å². The molecule has 2 rings (SSSR count). The maximum atomic E-state index is 9.38. The maximum Gasteiger partial charge on any atom is 0.207 e. The van der Waals surface area contributed by atoms with Gasteiger partial charge in [-0.15, -0.1) is 15.0 Å². The van der Waals surface area contributed by atoms with E-state index in [0.717, 1.165) is 37.2 Å². The van der Waals surface area contributed by atoms with Gasteiger partial charge in [0, 0.05) is 13.1 Å². The van der Waals surface area contributed by atoms with Crippen molar-refractivity contribution < 1.29 is 0 Å². The molecule has 0 radical (unpaired) electrons. The van der Waals surface area contributed by atoms with E-state index in [9.17, 15) is 5.26 Å². The fourth-order valence-electron chi connectivity index (χ4n) is 2.59. The maximum absolute atomic E-state index is 9.38. The van der Waals surface area contributed by atoms with E-state index in [1.165, 1.54) is 5.56 Å². The van der Waals surface area contributed by atoms with Crippen molar-refractivity contribution in [3.8, 4) is 11.8 Å². The second kappa shape index (κ2) is 7.08. The molecule has 0 spiro atoms. The highest BCUT2D eigenvalue weighted by molar-refractivity contribution is 5.51. The summed E-state index contributed by atoms with van der Waals surface area (Å²) in [6, 6.07) is 8.31. The van der Waals surface area contributed by atoms with Gasteiger partial charge in [-0.05, 0) is 38.3 Å². The normalized spacial score (nSPS) is 10.5. The molecule has 0 saturated heterocycles. The van der Waals surface area contributed by atoms with Crippen LogP contribution >= 0.6 is 0 Å². The molecular weight excluding hydrogens is 274 g/mol. The van der Waals surface area contributed by atoms with Crippen molar-refractivity contribution in [1.82, 2.24) is 15.0 Å². The Bertz CT molecular complexity index is 675. The van der Waals surface area contributed by atoms with Crippen LogP contribution in [0.2, 0.25) is 0 Å². The van der Waals surface area contributed by atoms with E-state index in [-0.39, 0.29) is 0 Å². The third-order valence-corrected chi connectivity index (χ3v) is 3.56. The predicted octanol–water partition coefficient (Wildman–Crippen LogP) is 3.38. The van der Waals surface area contributed by atoms with Gasteiger partial charge in [0.1, 0.15) is 6.07 Å². The Kier molecular flexibility index (Phi) is 5.16. The first-order chi connectivity index (χ1) is 10.6. The van der Waals surface area contributed by atoms with Crippen molar-refractivity contribution in [2.75, 3.05) is 18.0 Å². The van der Waals surface area contributed by atoms with Crippen LogP contribution in [0.25, 0.3) is 5.69 Å². The van der Waals surface area contributed by atoms with Crippen molar-refractivity contribution in [2.45, 2.75) is 40.5 Å². The predicted molar refractivity (Wildman–Crippen MR) is 88.3 cm³/mol. The summed E-state index contributed by atoms with van der Waals surface area (Å²) >= 11 is 0. The van der Waals surface area contributed by atoms with E-state index >= 15 is 0 Å². The first-order valence-corrected chi connectivity index (χ1v) is 7.80. The molecule has 0 amide bonds. The standard InChI is InChI=1S/C17H23N5/c1-5-9-21(10-6-2)17-15(12-18)19-22(20-17)16-8-7-13(3)11-14(16)4/h7-8,11H,5-6,9-10H2,1-4H3. The molecule has 2 aromatic rings. The van der Waals surface area contributed by atoms with Gasteiger partial charge in [-0.2, -0.15) is 5.26 Å². The zero-order chi connectivity index (χ0) is 16.1. The summed E-state index contributed by atoms with van der Waals surface area (Å²) in [5.41, 5.74) is 3.61. The Labute approximate surface area is 132 Å². The van der Waals surface area contributed by atoms with E-state index in [4.69, 9.17) is 0 Å². The average molecular weight is 297 g/mol. The molecule has 0 aliphatic rings. The summed E-state index contributed by atoms with van der Waals surface area (Å²) in [6.45, 7) is 10.1. The smallest absolute Gasteiger partial charge is 0.207 e. The summed E-state index contributed by atoms with van der Waals surface area (Å²) in [5, 5.41) is 18.4. The van der Waals surface area contributed by atoms with Crippen LogP contribution in [0.4, 0.5) is 5.82 Å². The molecule has 0 fully saturated rings. The SMILES string of the molecule is CCCN(CCC)c1nn(-c2ccc(C)cc2C)nc1C#N. The zero-order valence-corrected chi connectivity index (χ0v) is 13.8. The average Bonchev–Trinajstić information content (AvgIpc) is 2.91. The number of hydrogen-bond acceptors (Lipinski definition) is 4. The van der Waals surface area contributed by atoms with E-state index < -0.39 is 0 Å². The van der Waals surface area contributed by atoms with Crippen LogP contribution in [-0.4, -0.2) is 28.1 Å². The third kappa shape index (κ3) is 3.28. The van der Waals surface area contributed by atoms with Crippen molar-refractivity contribution in [3.05, 3.63) is 35.0 Å². The molecule has 1 aromatic carbocycles. The fourth-order valence-corrected chi connectivity index (χ4v) is 2.59. The van der Waals surface area contributed by atoms with Crippen LogP contribution in [0.5, 0.6) is 0 Å². The minimum absolute atomic E-state index is 0.391. The van der Waals surface area contributed by atoms with Gasteiger partial charge in [0.25, 0.3) is 0 Å². The number of aryl methyl sites for hydroxylation is 2. The third-order valence-electron chi connectivity index (χ3n) is 3.56. The lowest BCUT2D eigenvalue weighted by molar-refractivity contribution is 0.706. The molecule has 5 heteroatoms. The molecule has 22 heavy (non-hydrogen) atoms. The Hall–Kier alpha value is -2.35. The highest BCUT2D eigenvalue weighted by Gasteiger charge is 2.18. The molecule has 0 aliphatic carbocycles. The summed E-state index contributed by atoms with van der Waals surface area (Å²) in [7, 11) is 0. The molecule has 0 atom stereocenters. The number of benzene rings is 1. The zero-order valence-electron chi connectivity index (χ0n) is 13.8. The van der Waals surface area contributed by atoms with Crippen LogP contribution in [0.1, 0.15) is 43.5 Å². The highest BCUT2D eigenvalue weighted by atomic mass is 15.5. The first kappa shape index (κ1) is 16.0. The van der Waals surface area contributed by atoms with Gasteiger partial charge in [0.05, 0.1) is 5.69 Å². The molecule has 1 heterocycles. The quantitative estimate of drug-likeness (QED) is 0.820. The molecule has 0 bridgehead atoms. The topological polar surface area (TPSA) is 57.7 Å². The van der Waals surface area contributed by atoms with Crippen LogP contribution in [0.3, 0.4) is 0 Å². The van der Waals surface area contributed by atoms with E-state index in [0.29, 0.717) is 11.5 Å². The van der Waals surface area contributed by atoms with Gasteiger partial charge in [0.15, 0.2) is 5.82 Å². The lowest BCUT2D eigenvalue weighted by Crippen LogP contribution is -2.26. The van der Waals surface area contributed by atoms with Crippen LogP contribution in [-0.2, 0) is 0 Å². The van der Waals surface area contributed by atoms with Gasteiger partial charge in [0.2, 0.25) is 5.69 Å². The number of hydrogen-bond donors (Lipinski definition) is 0. The van der Waals surface area contributed by atoms with E-state index in [1.54, 1.807) is 4.80 Å². The van der Waals surface area contributed by atoms with Crippen LogP contribution < -0.4 is 4.90 Å². The van der Waals surface area contributed by atoms with Crippen molar-refractivity contribution in [2.24, 2.45) is 0 Å². The van der Waals surface area contributed by atoms with Gasteiger partial charge in [-0.25, -0.2) is 0 Å². The summed E-state index contributed by atoms with van der Waals surface area (Å²) in [4.78, 5) is 3.73. The number of nitrogens with zero attached hydrogens (tertiary/aromatic N) is 5. The molecule has 5 nitrogen and oxygen atoms in total.